The molecule has 8 nitrogen and oxygen atoms in total. The van der Waals surface area contributed by atoms with Crippen LogP contribution in [0.5, 0.6) is 5.75 Å². The number of nitrogens with zero attached hydrogens (tertiary/aromatic N) is 1. The molecule has 0 aromatic heterocycles. The van der Waals surface area contributed by atoms with Crippen LogP contribution >= 0.6 is 27.5 Å². The molecule has 3 N–H and O–H groups in total. The van der Waals surface area contributed by atoms with E-state index in [-0.39, 0.29) is 26.9 Å². The smallest absolute Gasteiger partial charge is 0.418 e. The summed E-state index contributed by atoms with van der Waals surface area (Å²) in [7, 11) is 0. The maximum Gasteiger partial charge on any atom is 0.418 e. The molecule has 35 heavy (non-hydrogen) atoms. The van der Waals surface area contributed by atoms with Crippen molar-refractivity contribution in [3.8, 4) is 5.75 Å². The fraction of sp³-hybridized carbons (Fsp3) is 0.273. The summed E-state index contributed by atoms with van der Waals surface area (Å²) < 4.78 is 45.3. The first-order valence-electron chi connectivity index (χ1n) is 10.1. The number of hydrogen-bond donors (Lipinski definition) is 3. The third-order valence-corrected chi connectivity index (χ3v) is 5.19. The van der Waals surface area contributed by atoms with Gasteiger partial charge in [0, 0.05) is 21.1 Å². The number of ether oxygens (including phenoxy) is 1. The van der Waals surface area contributed by atoms with Gasteiger partial charge in [-0.1, -0.05) is 34.5 Å². The van der Waals surface area contributed by atoms with Gasteiger partial charge in [0.05, 0.1) is 17.5 Å². The topological polar surface area (TPSA) is 109 Å². The van der Waals surface area contributed by atoms with Crippen LogP contribution in [0.3, 0.4) is 0 Å². The Bertz CT molecular complexity index is 1130. The molecular weight excluding hydrogens is 557 g/mol. The summed E-state index contributed by atoms with van der Waals surface area (Å²) in [5, 5.41) is 8.62. The van der Waals surface area contributed by atoms with E-state index in [2.05, 4.69) is 37.1 Å². The summed E-state index contributed by atoms with van der Waals surface area (Å²) in [6, 6.07) is 7.42. The van der Waals surface area contributed by atoms with E-state index in [4.69, 9.17) is 16.3 Å². The number of anilines is 1. The van der Waals surface area contributed by atoms with E-state index in [0.717, 1.165) is 18.3 Å². The van der Waals surface area contributed by atoms with E-state index in [1.165, 1.54) is 24.3 Å². The number of hydrazone groups is 1. The molecule has 0 saturated heterocycles. The Labute approximate surface area is 212 Å². The van der Waals surface area contributed by atoms with Crippen molar-refractivity contribution in [2.45, 2.75) is 32.5 Å². The van der Waals surface area contributed by atoms with Gasteiger partial charge in [0.1, 0.15) is 5.75 Å². The first kappa shape index (κ1) is 28.1. The Kier molecular flexibility index (Phi) is 10.1. The SMILES string of the molecule is CC[C@@H](C)NC(=O)C(=O)N/N=C\c1cc(Cl)ccc1OCC(=O)Nc1ccc(Br)cc1C(F)(F)F. The van der Waals surface area contributed by atoms with Crippen LogP contribution in [-0.4, -0.2) is 36.6 Å². The number of halogens is 5. The van der Waals surface area contributed by atoms with E-state index in [0.29, 0.717) is 6.42 Å². The van der Waals surface area contributed by atoms with Gasteiger partial charge >= 0.3 is 18.0 Å². The minimum atomic E-state index is -4.68. The van der Waals surface area contributed by atoms with E-state index in [9.17, 15) is 27.6 Å². The quantitative estimate of drug-likeness (QED) is 0.244. The van der Waals surface area contributed by atoms with Crippen LogP contribution in [0.15, 0.2) is 46.0 Å². The molecule has 0 fully saturated rings. The highest BCUT2D eigenvalue weighted by atomic mass is 79.9. The molecule has 0 unspecified atom stereocenters. The van der Waals surface area contributed by atoms with Gasteiger partial charge in [0.15, 0.2) is 6.61 Å². The highest BCUT2D eigenvalue weighted by molar-refractivity contribution is 9.10. The van der Waals surface area contributed by atoms with Crippen LogP contribution in [0.4, 0.5) is 18.9 Å². The summed E-state index contributed by atoms with van der Waals surface area (Å²) in [5.41, 5.74) is 0.857. The minimum absolute atomic E-state index is 0.110. The number of carbonyl (C=O) groups is 3. The van der Waals surface area contributed by atoms with Crippen molar-refractivity contribution in [3.63, 3.8) is 0 Å². The fourth-order valence-corrected chi connectivity index (χ4v) is 3.09. The van der Waals surface area contributed by atoms with Crippen LogP contribution in [0, 0.1) is 0 Å². The number of benzene rings is 2. The van der Waals surface area contributed by atoms with Crippen molar-refractivity contribution in [1.82, 2.24) is 10.7 Å². The van der Waals surface area contributed by atoms with E-state index in [1.54, 1.807) is 6.92 Å². The van der Waals surface area contributed by atoms with Gasteiger partial charge < -0.3 is 15.4 Å². The van der Waals surface area contributed by atoms with E-state index in [1.807, 2.05) is 6.92 Å². The monoisotopic (exact) mass is 576 g/mol. The van der Waals surface area contributed by atoms with Crippen molar-refractivity contribution in [1.29, 1.82) is 0 Å². The number of nitrogens with one attached hydrogen (secondary N) is 3. The molecule has 0 aliphatic rings. The number of hydrogen-bond acceptors (Lipinski definition) is 5. The van der Waals surface area contributed by atoms with Gasteiger partial charge in [0.2, 0.25) is 0 Å². The predicted octanol–water partition coefficient (Wildman–Crippen LogP) is 4.50. The highest BCUT2D eigenvalue weighted by Gasteiger charge is 2.34. The molecule has 0 aliphatic carbocycles. The molecule has 0 saturated carbocycles. The maximum atomic E-state index is 13.2. The van der Waals surface area contributed by atoms with Crippen LogP contribution in [0.1, 0.15) is 31.4 Å². The fourth-order valence-electron chi connectivity index (χ4n) is 2.54. The van der Waals surface area contributed by atoms with Crippen molar-refractivity contribution in [2.24, 2.45) is 5.10 Å². The molecule has 2 rings (SSSR count). The molecule has 0 radical (unpaired) electrons. The standard InChI is InChI=1S/C22H21BrClF3N4O4/c1-3-12(2)29-20(33)21(34)31-28-10-13-8-15(24)5-7-18(13)35-11-19(32)30-17-6-4-14(23)9-16(17)22(25,26)27/h4-10,12H,3,11H2,1-2H3,(H,29,33)(H,30,32)(H,31,34)/b28-10-/t12-/m1/s1. The van der Waals surface area contributed by atoms with E-state index < -0.39 is 41.8 Å². The zero-order valence-electron chi connectivity index (χ0n) is 18.5. The van der Waals surface area contributed by atoms with Gasteiger partial charge in [-0.3, -0.25) is 14.4 Å². The summed E-state index contributed by atoms with van der Waals surface area (Å²) in [6.45, 7) is 2.95. The molecule has 1 atom stereocenters. The molecule has 3 amide bonds. The maximum absolute atomic E-state index is 13.2. The zero-order chi connectivity index (χ0) is 26.2. The normalized spacial score (nSPS) is 12.2. The van der Waals surface area contributed by atoms with Gasteiger partial charge in [-0.25, -0.2) is 5.43 Å². The Morgan fingerprint density at radius 1 is 1.17 bits per heavy atom. The molecule has 2 aromatic carbocycles. The lowest BCUT2D eigenvalue weighted by molar-refractivity contribution is -0.139. The van der Waals surface area contributed by atoms with Gasteiger partial charge in [-0.05, 0) is 49.7 Å². The average molecular weight is 578 g/mol. The van der Waals surface area contributed by atoms with Crippen molar-refractivity contribution in [3.05, 3.63) is 57.0 Å². The molecule has 0 aliphatic heterocycles. The van der Waals surface area contributed by atoms with Crippen molar-refractivity contribution in [2.75, 3.05) is 11.9 Å². The van der Waals surface area contributed by atoms with E-state index >= 15 is 0 Å². The second-order valence-electron chi connectivity index (χ2n) is 7.19. The van der Waals surface area contributed by atoms with Crippen LogP contribution in [-0.2, 0) is 20.6 Å². The summed E-state index contributed by atoms with van der Waals surface area (Å²) in [4.78, 5) is 35.8. The molecule has 13 heteroatoms. The largest absolute Gasteiger partial charge is 0.483 e. The lowest BCUT2D eigenvalue weighted by Gasteiger charge is -2.15. The molecular formula is C22H21BrClF3N4O4. The third-order valence-electron chi connectivity index (χ3n) is 4.46. The van der Waals surface area contributed by atoms with Gasteiger partial charge in [-0.15, -0.1) is 0 Å². The third kappa shape index (κ3) is 8.87. The molecule has 188 valence electrons. The Hall–Kier alpha value is -3.12. The lowest BCUT2D eigenvalue weighted by atomic mass is 10.1. The van der Waals surface area contributed by atoms with Crippen LogP contribution in [0.2, 0.25) is 5.02 Å². The summed E-state index contributed by atoms with van der Waals surface area (Å²) >= 11 is 8.94. The van der Waals surface area contributed by atoms with Gasteiger partial charge in [0.25, 0.3) is 5.91 Å². The summed E-state index contributed by atoms with van der Waals surface area (Å²) in [6.07, 6.45) is -2.90. The van der Waals surface area contributed by atoms with Crippen LogP contribution in [0.25, 0.3) is 0 Å². The molecule has 2 aromatic rings. The number of carbonyl (C=O) groups excluding carboxylic acids is 3. The average Bonchev–Trinajstić information content (AvgIpc) is 2.78. The van der Waals surface area contributed by atoms with Gasteiger partial charge in [-0.2, -0.15) is 18.3 Å². The first-order valence-corrected chi connectivity index (χ1v) is 11.3. The molecule has 0 spiro atoms. The van der Waals surface area contributed by atoms with Crippen molar-refractivity contribution < 1.29 is 32.3 Å². The highest BCUT2D eigenvalue weighted by Crippen LogP contribution is 2.36. The Balaban J connectivity index is 2.05. The second-order valence-corrected chi connectivity index (χ2v) is 8.54. The second kappa shape index (κ2) is 12.5. The molecule has 0 heterocycles. The number of rotatable bonds is 8. The lowest BCUT2D eigenvalue weighted by Crippen LogP contribution is -2.41. The zero-order valence-corrected chi connectivity index (χ0v) is 20.8. The summed E-state index contributed by atoms with van der Waals surface area (Å²) in [5.74, 6) is -2.58. The Morgan fingerprint density at radius 3 is 2.54 bits per heavy atom. The number of amides is 3. The van der Waals surface area contributed by atoms with Crippen LogP contribution < -0.4 is 20.8 Å². The Morgan fingerprint density at radius 2 is 1.89 bits per heavy atom. The van der Waals surface area contributed by atoms with Crippen molar-refractivity contribution >= 4 is 57.2 Å². The molecule has 0 bridgehead atoms. The number of alkyl halides is 3. The minimum Gasteiger partial charge on any atom is -0.483 e. The first-order chi connectivity index (χ1) is 16.4. The predicted molar refractivity (Wildman–Crippen MR) is 128 cm³/mol.